The highest BCUT2D eigenvalue weighted by Gasteiger charge is 2.26. The van der Waals surface area contributed by atoms with E-state index in [-0.39, 0.29) is 78.6 Å². The number of rotatable bonds is 23. The molecule has 10 aromatic carbocycles. The molecule has 4 heterocycles. The van der Waals surface area contributed by atoms with Crippen LogP contribution in [0.3, 0.4) is 0 Å². The van der Waals surface area contributed by atoms with Crippen molar-refractivity contribution < 1.29 is 87.6 Å². The van der Waals surface area contributed by atoms with E-state index in [1.807, 2.05) is 107 Å². The molecule has 0 bridgehead atoms. The van der Waals surface area contributed by atoms with E-state index in [9.17, 15) is 92.9 Å². The van der Waals surface area contributed by atoms with Crippen molar-refractivity contribution in [3.05, 3.63) is 294 Å². The largest absolute Gasteiger partial charge is 0.505 e. The molecule has 125 heavy (non-hydrogen) atoms. The first-order chi connectivity index (χ1) is 59.1. The van der Waals surface area contributed by atoms with Crippen LogP contribution in [0.2, 0.25) is 0 Å². The number of aryl methyl sites for hydroxylation is 5. The molecule has 0 aliphatic rings. The summed E-state index contributed by atoms with van der Waals surface area (Å²) in [5.74, 6) is -0.215. The van der Waals surface area contributed by atoms with Gasteiger partial charge in [-0.15, -0.1) is 25.6 Å². The lowest BCUT2D eigenvalue weighted by Crippen LogP contribution is -2.14. The van der Waals surface area contributed by atoms with Crippen molar-refractivity contribution in [2.75, 3.05) is 10.7 Å². The number of H-pyrrole nitrogens is 3. The van der Waals surface area contributed by atoms with E-state index in [0.717, 1.165) is 101 Å². The molecule has 14 rings (SSSR count). The number of hydrogen-bond acceptors (Lipinski definition) is 32. The third-order valence-corrected chi connectivity index (χ3v) is 21.0. The van der Waals surface area contributed by atoms with Crippen LogP contribution in [0.4, 0.5) is 63.1 Å². The molecule has 0 unspecified atom stereocenters. The standard InChI is InChI=1S/C27H24N10O9S2.C18H16N2O.2C17H16N4O6S/c1-14-6-9-17(10-7-14)37-24(38)21(22(36-37)25(39)40)34-33-19-13-16(8-11-20(19)48(44,45)46)29-26-30-23(31-27(32-26)35-28-2)15-4-3-5-18(12-15)47(41,42)43;1-12-7-9-15(10-8-12)19-20-17-13(2)11-14-5-3-4-6-16(14)18(17)21;1-10-2-4-11(5-3-10)18-19-14-15(17(23)24)20-21(16(14)22)12-6-8-13(9-7-12)28(25,26)27;1-10-3-2-4-11(9-10)18-19-14-15(17(23)24)20-21(16(14)22)12-5-7-13(8-6-12)28(25,26)27/h3-13,25,36,39-40H,2H2,1H3,(H,41,42,43)(H,44,45,46)(H2,29,30,31,32,35);3-11,21H,1-2H3;2*2-9,17,20,23-24H,1H3,(H,25,26,27). The predicted molar refractivity (Wildman–Crippen MR) is 453 cm³/mol. The van der Waals surface area contributed by atoms with Gasteiger partial charge in [0.2, 0.25) is 11.9 Å². The second kappa shape index (κ2) is 38.6. The minimum absolute atomic E-state index is 0.0752. The Balaban J connectivity index is 0.000000170. The molecule has 14 aromatic rings. The van der Waals surface area contributed by atoms with Gasteiger partial charge in [-0.05, 0) is 185 Å². The smallest absolute Gasteiger partial charge is 0.299 e. The first kappa shape index (κ1) is 91.1. The Hall–Kier alpha value is -14.6. The fourth-order valence-corrected chi connectivity index (χ4v) is 13.4. The molecule has 0 saturated heterocycles. The third-order valence-electron chi connectivity index (χ3n) is 17.5. The van der Waals surface area contributed by atoms with Crippen molar-refractivity contribution in [2.45, 2.75) is 73.1 Å². The van der Waals surface area contributed by atoms with E-state index in [2.05, 4.69) is 93.7 Å². The topological polar surface area (TPSA) is 646 Å². The molecule has 0 amide bonds. The van der Waals surface area contributed by atoms with Crippen LogP contribution in [0.15, 0.2) is 298 Å². The highest BCUT2D eigenvalue weighted by Crippen LogP contribution is 2.40. The molecule has 0 atom stereocenters. The van der Waals surface area contributed by atoms with Gasteiger partial charge in [-0.2, -0.15) is 69.1 Å². The molecule has 16 N–H and O–H groups in total. The van der Waals surface area contributed by atoms with Crippen LogP contribution >= 0.6 is 0 Å². The van der Waals surface area contributed by atoms with E-state index in [4.69, 9.17) is 9.11 Å². The number of aromatic hydroxyl groups is 1. The summed E-state index contributed by atoms with van der Waals surface area (Å²) < 4.78 is 132. The molecule has 644 valence electrons. The average molecular weight is 1780 g/mol. The number of nitrogens with zero attached hydrogens (tertiary/aromatic N) is 15. The zero-order valence-corrected chi connectivity index (χ0v) is 68.7. The number of azo groups is 4. The maximum atomic E-state index is 13.2. The summed E-state index contributed by atoms with van der Waals surface area (Å²) in [4.78, 5) is 49.1. The second-order valence-corrected chi connectivity index (χ2v) is 32.4. The molecular formula is C79H72N20O22S4. The molecule has 0 spiro atoms. The molecule has 46 heteroatoms. The zero-order chi connectivity index (χ0) is 90.6. The molecule has 0 saturated carbocycles. The summed E-state index contributed by atoms with van der Waals surface area (Å²) in [7, 11) is -18.2. The quantitative estimate of drug-likeness (QED) is 0.00929. The van der Waals surface area contributed by atoms with E-state index in [1.165, 1.54) is 48.0 Å². The van der Waals surface area contributed by atoms with Crippen LogP contribution in [-0.4, -0.2) is 139 Å². The molecule has 0 radical (unpaired) electrons. The number of hydrazone groups is 1. The molecule has 42 nitrogen and oxygen atoms in total. The SMILES string of the molecule is C=NNc1nc(Nc2ccc(S(=O)(=O)O)c(N=Nc3c(C(O)O)[nH]n(-c4ccc(C)cc4)c3=O)c2)nc(-c2cccc(S(=O)(=O)O)c2)n1.Cc1ccc(N=Nc2c(C(O)O)[nH]n(-c3ccc(S(=O)(=O)O)cc3)c2=O)cc1.Cc1ccc(N=Nc2c(C)cc3ccccc3c2O)cc1.Cc1cccc(N=Nc2c(C(O)O)[nH]n(-c3ccc(S(=O)(=O)O)cc3)c2=O)c1. The van der Waals surface area contributed by atoms with Gasteiger partial charge in [0.25, 0.3) is 57.2 Å². The monoisotopic (exact) mass is 1780 g/mol. The highest BCUT2D eigenvalue weighted by atomic mass is 32.2. The van der Waals surface area contributed by atoms with Crippen molar-refractivity contribution in [2.24, 2.45) is 46.0 Å². The predicted octanol–water partition coefficient (Wildman–Crippen LogP) is 12.8. The van der Waals surface area contributed by atoms with E-state index in [0.29, 0.717) is 22.7 Å². The van der Waals surface area contributed by atoms with Gasteiger partial charge in [-0.25, -0.2) is 19.5 Å². The second-order valence-electron chi connectivity index (χ2n) is 26.7. The number of aromatic nitrogens is 9. The van der Waals surface area contributed by atoms with Crippen molar-refractivity contribution in [1.82, 2.24) is 44.3 Å². The number of fused-ring (bicyclic) bond motifs is 1. The number of anilines is 3. The Kier molecular flexibility index (Phi) is 28.2. The first-order valence-corrected chi connectivity index (χ1v) is 41.8. The van der Waals surface area contributed by atoms with E-state index in [1.54, 1.807) is 54.6 Å². The number of benzene rings is 10. The van der Waals surface area contributed by atoms with E-state index >= 15 is 0 Å². The van der Waals surface area contributed by atoms with Crippen LogP contribution in [0.5, 0.6) is 5.75 Å². The fraction of sp³-hybridized carbons (Fsp3) is 0.101. The van der Waals surface area contributed by atoms with Crippen LogP contribution in [-0.2, 0) is 40.5 Å². The lowest BCUT2D eigenvalue weighted by molar-refractivity contribution is -0.0461. The summed E-state index contributed by atoms with van der Waals surface area (Å²) in [6, 6.07) is 56.0. The third kappa shape index (κ3) is 23.0. The number of aromatic amines is 3. The van der Waals surface area contributed by atoms with Crippen LogP contribution in [0.1, 0.15) is 63.8 Å². The van der Waals surface area contributed by atoms with Crippen molar-refractivity contribution >= 4 is 121 Å². The summed E-state index contributed by atoms with van der Waals surface area (Å²) in [5, 5.41) is 116. The minimum atomic E-state index is -4.89. The highest BCUT2D eigenvalue weighted by molar-refractivity contribution is 7.86. The normalized spacial score (nSPS) is 12.0. The number of nitrogens with one attached hydrogen (secondary N) is 5. The maximum Gasteiger partial charge on any atom is 0.299 e. The molecule has 0 aliphatic carbocycles. The average Bonchev–Trinajstić information content (AvgIpc) is 1.49. The van der Waals surface area contributed by atoms with Crippen LogP contribution in [0, 0.1) is 34.6 Å². The maximum absolute atomic E-state index is 13.2. The van der Waals surface area contributed by atoms with Gasteiger partial charge in [-0.3, -0.25) is 47.9 Å². The summed E-state index contributed by atoms with van der Waals surface area (Å²) >= 11 is 0. The summed E-state index contributed by atoms with van der Waals surface area (Å²) in [5.41, 5.74) is 5.58. The summed E-state index contributed by atoms with van der Waals surface area (Å²) in [6.07, 6.45) is -6.23. The van der Waals surface area contributed by atoms with Gasteiger partial charge in [-0.1, -0.05) is 102 Å². The lowest BCUT2D eigenvalue weighted by atomic mass is 10.0. The number of phenols is 1. The number of aliphatic hydroxyl groups excluding tert-OH is 3. The zero-order valence-electron chi connectivity index (χ0n) is 65.5. The minimum Gasteiger partial charge on any atom is -0.505 e. The van der Waals surface area contributed by atoms with Gasteiger partial charge in [0.1, 0.15) is 33.4 Å². The van der Waals surface area contributed by atoms with Gasteiger partial charge in [0.15, 0.2) is 47.5 Å². The fourth-order valence-electron chi connectivity index (χ4n) is 11.4. The van der Waals surface area contributed by atoms with Crippen LogP contribution < -0.4 is 27.4 Å². The molecule has 0 fully saturated rings. The Morgan fingerprint density at radius 3 is 1.26 bits per heavy atom. The Morgan fingerprint density at radius 2 is 0.816 bits per heavy atom. The Bertz CT molecular complexity index is 7180. The van der Waals surface area contributed by atoms with Crippen molar-refractivity contribution in [1.29, 1.82) is 0 Å². The number of phenolic OH excluding ortho intramolecular Hbond substituents is 1. The van der Waals surface area contributed by atoms with Gasteiger partial charge >= 0.3 is 0 Å². The van der Waals surface area contributed by atoms with Crippen molar-refractivity contribution in [3.63, 3.8) is 0 Å². The number of hydrogen-bond donors (Lipinski definition) is 16. The Labute approximate surface area is 707 Å². The van der Waals surface area contributed by atoms with E-state index < -0.39 is 103 Å². The number of aliphatic hydroxyl groups is 6. The molecular weight excluding hydrogens is 1710 g/mol. The van der Waals surface area contributed by atoms with Crippen molar-refractivity contribution in [3.8, 4) is 34.2 Å². The van der Waals surface area contributed by atoms with Gasteiger partial charge < -0.3 is 41.1 Å². The van der Waals surface area contributed by atoms with Gasteiger partial charge in [0, 0.05) is 23.4 Å². The first-order valence-electron chi connectivity index (χ1n) is 36.0. The molecule has 4 aromatic heterocycles. The Morgan fingerprint density at radius 1 is 0.392 bits per heavy atom. The lowest BCUT2D eigenvalue weighted by Gasteiger charge is -2.10. The van der Waals surface area contributed by atoms with Gasteiger partial charge in [0.05, 0.1) is 48.8 Å². The molecule has 0 aliphatic heterocycles. The van der Waals surface area contributed by atoms with Crippen LogP contribution in [0.25, 0.3) is 39.2 Å². The summed E-state index contributed by atoms with van der Waals surface area (Å²) in [6.45, 7) is 12.8.